The zero-order valence-electron chi connectivity index (χ0n) is 18.1. The van der Waals surface area contributed by atoms with Gasteiger partial charge in [0.05, 0.1) is 0 Å². The molecule has 0 heterocycles. The monoisotopic (exact) mass is 590 g/mol. The first-order valence-electron chi connectivity index (χ1n) is 10.0. The van der Waals surface area contributed by atoms with E-state index < -0.39 is 0 Å². The molecule has 0 N–H and O–H groups in total. The van der Waals surface area contributed by atoms with Crippen molar-refractivity contribution in [2.24, 2.45) is 0 Å². The van der Waals surface area contributed by atoms with E-state index in [0.29, 0.717) is 5.66 Å². The Balaban J connectivity index is 0.000000558. The van der Waals surface area contributed by atoms with Gasteiger partial charge in [-0.1, -0.05) is 144 Å². The SMILES string of the molecule is CC(C)P(c1ccccc1)c1ccccc1.[Cl-].[Cl-].[Pd+2].c1ccc(Pc2ccccc2)cc1. The number of hydrogen-bond donors (Lipinski definition) is 0. The van der Waals surface area contributed by atoms with Crippen LogP contribution in [-0.2, 0) is 20.4 Å². The van der Waals surface area contributed by atoms with Crippen LogP contribution in [0, 0.1) is 0 Å². The summed E-state index contributed by atoms with van der Waals surface area (Å²) in [4.78, 5) is 0. The molecule has 4 aromatic rings. The van der Waals surface area contributed by atoms with Crippen molar-refractivity contribution in [3.05, 3.63) is 121 Å². The fourth-order valence-corrected chi connectivity index (χ4v) is 6.66. The number of benzene rings is 4. The topological polar surface area (TPSA) is 0 Å². The largest absolute Gasteiger partial charge is 2.00 e. The Morgan fingerprint density at radius 1 is 0.500 bits per heavy atom. The molecule has 0 aliphatic rings. The predicted octanol–water partition coefficient (Wildman–Crippen LogP) is -0.151. The average molecular weight is 592 g/mol. The van der Waals surface area contributed by atoms with Gasteiger partial charge in [-0.05, 0) is 34.8 Å². The van der Waals surface area contributed by atoms with E-state index in [9.17, 15) is 0 Å². The fourth-order valence-electron chi connectivity index (χ4n) is 3.13. The first-order valence-corrected chi connectivity index (χ1v) is 12.4. The molecule has 0 bridgehead atoms. The fraction of sp³-hybridized carbons (Fsp3) is 0.111. The molecule has 0 saturated carbocycles. The Bertz CT molecular complexity index is 877. The predicted molar refractivity (Wildman–Crippen MR) is 135 cm³/mol. The van der Waals surface area contributed by atoms with Crippen LogP contribution in [-0.4, -0.2) is 5.66 Å². The minimum atomic E-state index is -0.210. The van der Waals surface area contributed by atoms with Gasteiger partial charge in [-0.15, -0.1) is 0 Å². The van der Waals surface area contributed by atoms with E-state index in [4.69, 9.17) is 0 Å². The maximum Gasteiger partial charge on any atom is 2.00 e. The summed E-state index contributed by atoms with van der Waals surface area (Å²) in [6.07, 6.45) is 0. The summed E-state index contributed by atoms with van der Waals surface area (Å²) in [6, 6.07) is 42.9. The van der Waals surface area contributed by atoms with Crippen LogP contribution in [0.4, 0.5) is 0 Å². The van der Waals surface area contributed by atoms with Gasteiger partial charge in [0.25, 0.3) is 0 Å². The van der Waals surface area contributed by atoms with E-state index in [1.807, 2.05) is 0 Å². The molecular weight excluding hydrogens is 564 g/mol. The summed E-state index contributed by atoms with van der Waals surface area (Å²) in [5.74, 6) is 0. The Morgan fingerprint density at radius 3 is 1.06 bits per heavy atom. The second kappa shape index (κ2) is 17.5. The molecule has 0 amide bonds. The maximum absolute atomic E-state index is 2.31. The third kappa shape index (κ3) is 10.3. The van der Waals surface area contributed by atoms with Crippen LogP contribution in [0.1, 0.15) is 13.8 Å². The summed E-state index contributed by atoms with van der Waals surface area (Å²) >= 11 is 0. The third-order valence-corrected chi connectivity index (χ3v) is 8.41. The molecule has 5 heteroatoms. The Hall–Kier alpha value is -1.02. The van der Waals surface area contributed by atoms with Crippen LogP contribution in [0.15, 0.2) is 121 Å². The third-order valence-electron chi connectivity index (χ3n) is 4.42. The van der Waals surface area contributed by atoms with Crippen molar-refractivity contribution in [3.63, 3.8) is 0 Å². The van der Waals surface area contributed by atoms with Gasteiger partial charge in [0.1, 0.15) is 0 Å². The number of halogens is 2. The summed E-state index contributed by atoms with van der Waals surface area (Å²) in [7, 11) is 0.567. The van der Waals surface area contributed by atoms with Crippen molar-refractivity contribution in [1.29, 1.82) is 0 Å². The molecule has 0 nitrogen and oxygen atoms in total. The van der Waals surface area contributed by atoms with Crippen LogP contribution in [0.25, 0.3) is 0 Å². The Morgan fingerprint density at radius 2 is 0.781 bits per heavy atom. The number of rotatable bonds is 5. The molecule has 0 atom stereocenters. The Kier molecular flexibility index (Phi) is 16.9. The van der Waals surface area contributed by atoms with E-state index in [-0.39, 0.29) is 53.2 Å². The van der Waals surface area contributed by atoms with Crippen LogP contribution in [0.3, 0.4) is 0 Å². The molecule has 0 fully saturated rings. The van der Waals surface area contributed by atoms with Gasteiger partial charge in [0.2, 0.25) is 0 Å². The van der Waals surface area contributed by atoms with E-state index in [1.54, 1.807) is 0 Å². The van der Waals surface area contributed by atoms with Crippen LogP contribution < -0.4 is 46.0 Å². The molecule has 0 saturated heterocycles. The summed E-state index contributed by atoms with van der Waals surface area (Å²) in [5.41, 5.74) is 0.680. The van der Waals surface area contributed by atoms with Crippen LogP contribution in [0.2, 0.25) is 0 Å². The molecule has 0 unspecified atom stereocenters. The van der Waals surface area contributed by atoms with Crippen molar-refractivity contribution in [3.8, 4) is 0 Å². The molecule has 0 spiro atoms. The zero-order valence-corrected chi connectivity index (χ0v) is 23.1. The molecule has 0 radical (unpaired) electrons. The molecule has 32 heavy (non-hydrogen) atoms. The minimum absolute atomic E-state index is 0. The van der Waals surface area contributed by atoms with Gasteiger partial charge in [-0.2, -0.15) is 0 Å². The summed E-state index contributed by atoms with van der Waals surface area (Å²) in [5, 5.41) is 5.74. The molecule has 0 aliphatic heterocycles. The van der Waals surface area contributed by atoms with Gasteiger partial charge >= 0.3 is 20.4 Å². The zero-order chi connectivity index (χ0) is 20.3. The Labute approximate surface area is 222 Å². The normalized spacial score (nSPS) is 9.50. The van der Waals surface area contributed by atoms with Crippen molar-refractivity contribution in [2.45, 2.75) is 19.5 Å². The van der Waals surface area contributed by atoms with Crippen molar-refractivity contribution < 1.29 is 45.2 Å². The van der Waals surface area contributed by atoms with Gasteiger partial charge in [0.15, 0.2) is 0 Å². The van der Waals surface area contributed by atoms with Crippen LogP contribution >= 0.6 is 16.5 Å². The van der Waals surface area contributed by atoms with Gasteiger partial charge in [-0.3, -0.25) is 0 Å². The van der Waals surface area contributed by atoms with E-state index >= 15 is 0 Å². The number of hydrogen-bond acceptors (Lipinski definition) is 0. The van der Waals surface area contributed by atoms with Crippen LogP contribution in [0.5, 0.6) is 0 Å². The molecule has 0 aromatic heterocycles. The first kappa shape index (κ1) is 31.0. The first-order chi connectivity index (χ1) is 14.2. The van der Waals surface area contributed by atoms with Gasteiger partial charge < -0.3 is 24.8 Å². The van der Waals surface area contributed by atoms with E-state index in [2.05, 4.69) is 135 Å². The summed E-state index contributed by atoms with van der Waals surface area (Å²) < 4.78 is 0. The molecule has 0 aliphatic carbocycles. The molecule has 4 rings (SSSR count). The van der Waals surface area contributed by atoms with E-state index in [1.165, 1.54) is 21.2 Å². The van der Waals surface area contributed by atoms with Crippen molar-refractivity contribution >= 4 is 37.7 Å². The molecule has 170 valence electrons. The van der Waals surface area contributed by atoms with Crippen molar-refractivity contribution in [1.82, 2.24) is 0 Å². The van der Waals surface area contributed by atoms with Gasteiger partial charge in [0, 0.05) is 0 Å². The molecule has 4 aromatic carbocycles. The smallest absolute Gasteiger partial charge is 1.00 e. The second-order valence-electron chi connectivity index (χ2n) is 6.99. The van der Waals surface area contributed by atoms with E-state index in [0.717, 1.165) is 8.58 Å². The quantitative estimate of drug-likeness (QED) is 0.224. The molecular formula is C27H28Cl2P2Pd. The van der Waals surface area contributed by atoms with Gasteiger partial charge in [-0.25, -0.2) is 0 Å². The summed E-state index contributed by atoms with van der Waals surface area (Å²) in [6.45, 7) is 4.62. The second-order valence-corrected chi connectivity index (χ2v) is 11.2. The van der Waals surface area contributed by atoms with Crippen molar-refractivity contribution in [2.75, 3.05) is 0 Å². The maximum atomic E-state index is 2.31. The average Bonchev–Trinajstić information content (AvgIpc) is 2.77. The standard InChI is InChI=1S/C15H17P.C12H11P.2ClH.Pd/c1-13(2)16(14-9-5-3-6-10-14)15-11-7-4-8-12-15;1-3-7-11(8-4-1)13-12-9-5-2-6-10-12;;;/h3-13H,1-2H3;1-10,13H;2*1H;/q;;;;+2/p-2. The minimum Gasteiger partial charge on any atom is -1.00 e.